The second-order valence-corrected chi connectivity index (χ2v) is 14.5. The summed E-state index contributed by atoms with van der Waals surface area (Å²) in [7, 11) is 0. The fourth-order valence-electron chi connectivity index (χ4n) is 6.27. The van der Waals surface area contributed by atoms with E-state index in [1.54, 1.807) is 9.08 Å². The van der Waals surface area contributed by atoms with Crippen molar-refractivity contribution in [3.8, 4) is 0 Å². The van der Waals surface area contributed by atoms with Crippen molar-refractivity contribution < 1.29 is 23.8 Å². The van der Waals surface area contributed by atoms with E-state index in [1.807, 2.05) is 72.0 Å². The molecule has 1 aliphatic heterocycles. The van der Waals surface area contributed by atoms with Gasteiger partial charge in [0.1, 0.15) is 11.2 Å². The van der Waals surface area contributed by atoms with E-state index in [0.29, 0.717) is 56.7 Å². The molecule has 6 rings (SSSR count). The van der Waals surface area contributed by atoms with E-state index >= 15 is 0 Å². The van der Waals surface area contributed by atoms with E-state index in [9.17, 15) is 9.59 Å². The van der Waals surface area contributed by atoms with Gasteiger partial charge in [-0.25, -0.2) is 9.36 Å². The molecular formula is C34H45N7O5. The molecule has 1 aromatic carbocycles. The van der Waals surface area contributed by atoms with Gasteiger partial charge in [-0.2, -0.15) is 19.6 Å². The molecule has 246 valence electrons. The van der Waals surface area contributed by atoms with Crippen LogP contribution in [0.4, 0.5) is 16.7 Å². The van der Waals surface area contributed by atoms with Crippen molar-refractivity contribution in [1.29, 1.82) is 0 Å². The fraction of sp³-hybridized carbons (Fsp3) is 0.559. The number of esters is 1. The quantitative estimate of drug-likeness (QED) is 0.267. The van der Waals surface area contributed by atoms with Crippen LogP contribution in [0.25, 0.3) is 16.6 Å². The number of nitrogens with zero attached hydrogens (tertiary/aromatic N) is 6. The summed E-state index contributed by atoms with van der Waals surface area (Å²) in [6, 6.07) is 7.25. The monoisotopic (exact) mass is 631 g/mol. The zero-order valence-electron chi connectivity index (χ0n) is 28.1. The highest BCUT2D eigenvalue weighted by Crippen LogP contribution is 2.42. The van der Waals surface area contributed by atoms with Gasteiger partial charge < -0.3 is 24.4 Å². The normalized spacial score (nSPS) is 19.0. The third kappa shape index (κ3) is 6.27. The Morgan fingerprint density at radius 3 is 2.37 bits per heavy atom. The fourth-order valence-corrected chi connectivity index (χ4v) is 6.27. The predicted molar refractivity (Wildman–Crippen MR) is 175 cm³/mol. The minimum Gasteiger partial charge on any atom is -0.460 e. The number of carbonyl (C=O) groups excluding carboxylic acids is 2. The van der Waals surface area contributed by atoms with E-state index < -0.39 is 29.3 Å². The number of nitrogens with one attached hydrogen (secondary N) is 1. The minimum absolute atomic E-state index is 0.185. The van der Waals surface area contributed by atoms with Gasteiger partial charge in [0.2, 0.25) is 11.9 Å². The van der Waals surface area contributed by atoms with E-state index in [2.05, 4.69) is 24.1 Å². The standard InChI is InChI=1S/C34H45N7O5/c1-20(2)24-19-35-41-28(24)37-30(39-13-15-44-16-14-39)38-31(41)36-25-18-21(29(42)45-33(3,4)5)17-23-22-11-9-10-12-26(22)40(27(23)25)32(43)46-34(6,7)8/h9-12,19-21,25H,13-18H2,1-8H3,(H,36,37,38)/t21-,25?/m1/s1. The van der Waals surface area contributed by atoms with Crippen molar-refractivity contribution in [1.82, 2.24) is 24.1 Å². The molecule has 0 radical (unpaired) electrons. The second-order valence-electron chi connectivity index (χ2n) is 14.5. The molecule has 2 atom stereocenters. The average molecular weight is 632 g/mol. The Morgan fingerprint density at radius 1 is 1.00 bits per heavy atom. The number of hydrogen-bond donors (Lipinski definition) is 1. The molecule has 1 aliphatic carbocycles. The van der Waals surface area contributed by atoms with Gasteiger partial charge in [-0.1, -0.05) is 32.0 Å². The molecule has 1 unspecified atom stereocenters. The van der Waals surface area contributed by atoms with Crippen molar-refractivity contribution in [2.24, 2.45) is 5.92 Å². The lowest BCUT2D eigenvalue weighted by Gasteiger charge is -2.33. The van der Waals surface area contributed by atoms with Crippen LogP contribution in [0.2, 0.25) is 0 Å². The summed E-state index contributed by atoms with van der Waals surface area (Å²) in [5.41, 5.74) is 2.73. The lowest BCUT2D eigenvalue weighted by atomic mass is 9.83. The summed E-state index contributed by atoms with van der Waals surface area (Å²) in [5.74, 6) is 0.502. The Bertz CT molecular complexity index is 1770. The van der Waals surface area contributed by atoms with Crippen LogP contribution in [-0.4, -0.2) is 73.7 Å². The van der Waals surface area contributed by atoms with Crippen LogP contribution in [0.5, 0.6) is 0 Å². The minimum atomic E-state index is -0.708. The van der Waals surface area contributed by atoms with Crippen LogP contribution in [0.3, 0.4) is 0 Å². The predicted octanol–water partition coefficient (Wildman–Crippen LogP) is 5.88. The number of hydrogen-bond acceptors (Lipinski definition) is 10. The molecule has 0 saturated carbocycles. The SMILES string of the molecule is CC(C)c1cnn2c(NC3C[C@H](C(=O)OC(C)(C)C)Cc4c3n(C(=O)OC(C)(C)C)c3ccccc43)nc(N3CCOCC3)nc12. The first-order valence-corrected chi connectivity index (χ1v) is 16.1. The van der Waals surface area contributed by atoms with E-state index in [-0.39, 0.29) is 11.9 Å². The van der Waals surface area contributed by atoms with E-state index in [0.717, 1.165) is 27.7 Å². The number of para-hydroxylation sites is 1. The van der Waals surface area contributed by atoms with Gasteiger partial charge in [0.25, 0.3) is 0 Å². The first-order valence-electron chi connectivity index (χ1n) is 16.1. The molecule has 12 nitrogen and oxygen atoms in total. The largest absolute Gasteiger partial charge is 0.460 e. The lowest BCUT2D eigenvalue weighted by Crippen LogP contribution is -2.38. The molecule has 0 spiro atoms. The molecule has 4 heterocycles. The molecule has 1 fully saturated rings. The van der Waals surface area contributed by atoms with Crippen molar-refractivity contribution in [3.05, 3.63) is 47.3 Å². The molecule has 3 aromatic heterocycles. The van der Waals surface area contributed by atoms with Gasteiger partial charge in [-0.15, -0.1) is 0 Å². The summed E-state index contributed by atoms with van der Waals surface area (Å²) in [4.78, 5) is 39.6. The van der Waals surface area contributed by atoms with Gasteiger partial charge in [0.15, 0.2) is 5.65 Å². The number of aromatic nitrogens is 5. The third-order valence-electron chi connectivity index (χ3n) is 8.24. The van der Waals surface area contributed by atoms with Gasteiger partial charge >= 0.3 is 12.1 Å². The lowest BCUT2D eigenvalue weighted by molar-refractivity contribution is -0.160. The summed E-state index contributed by atoms with van der Waals surface area (Å²) >= 11 is 0. The zero-order valence-corrected chi connectivity index (χ0v) is 28.1. The number of fused-ring (bicyclic) bond motifs is 4. The summed E-state index contributed by atoms with van der Waals surface area (Å²) in [6.45, 7) is 17.9. The van der Waals surface area contributed by atoms with Crippen LogP contribution in [0.1, 0.15) is 90.6 Å². The summed E-state index contributed by atoms with van der Waals surface area (Å²) < 4.78 is 20.8. The molecule has 46 heavy (non-hydrogen) atoms. The second kappa shape index (κ2) is 11.9. The number of benzene rings is 1. The van der Waals surface area contributed by atoms with Gasteiger partial charge in [0, 0.05) is 24.0 Å². The maximum absolute atomic E-state index is 13.9. The zero-order chi connectivity index (χ0) is 33.0. The Morgan fingerprint density at radius 2 is 1.70 bits per heavy atom. The Kier molecular flexibility index (Phi) is 8.20. The van der Waals surface area contributed by atoms with Gasteiger partial charge in [-0.05, 0) is 71.9 Å². The molecule has 4 aromatic rings. The maximum Gasteiger partial charge on any atom is 0.419 e. The first-order chi connectivity index (χ1) is 21.7. The van der Waals surface area contributed by atoms with Crippen LogP contribution < -0.4 is 10.2 Å². The average Bonchev–Trinajstić information content (AvgIpc) is 3.56. The van der Waals surface area contributed by atoms with Gasteiger partial charge in [-0.3, -0.25) is 4.79 Å². The van der Waals surface area contributed by atoms with Crippen LogP contribution in [-0.2, 0) is 25.4 Å². The van der Waals surface area contributed by atoms with Crippen molar-refractivity contribution in [2.45, 2.75) is 91.4 Å². The molecular weight excluding hydrogens is 586 g/mol. The third-order valence-corrected chi connectivity index (χ3v) is 8.24. The van der Waals surface area contributed by atoms with Crippen LogP contribution >= 0.6 is 0 Å². The Hall–Kier alpha value is -4.19. The van der Waals surface area contributed by atoms with E-state index in [4.69, 9.17) is 29.3 Å². The summed E-state index contributed by atoms with van der Waals surface area (Å²) in [5, 5.41) is 9.22. The highest BCUT2D eigenvalue weighted by Gasteiger charge is 2.40. The first kappa shape index (κ1) is 31.8. The van der Waals surface area contributed by atoms with Crippen LogP contribution in [0, 0.1) is 5.92 Å². The number of morpholine rings is 1. The highest BCUT2D eigenvalue weighted by atomic mass is 16.6. The molecule has 2 aliphatic rings. The van der Waals surface area contributed by atoms with Crippen molar-refractivity contribution in [3.63, 3.8) is 0 Å². The highest BCUT2D eigenvalue weighted by molar-refractivity contribution is 5.95. The van der Waals surface area contributed by atoms with E-state index in [1.165, 1.54) is 0 Å². The molecule has 12 heteroatoms. The Labute approximate surface area is 269 Å². The molecule has 0 amide bonds. The number of ether oxygens (including phenoxy) is 3. The van der Waals surface area contributed by atoms with Gasteiger partial charge in [0.05, 0.1) is 42.6 Å². The number of carbonyl (C=O) groups is 2. The molecule has 0 bridgehead atoms. The molecule has 1 N–H and O–H groups in total. The van der Waals surface area contributed by atoms with Crippen LogP contribution in [0.15, 0.2) is 30.5 Å². The smallest absolute Gasteiger partial charge is 0.419 e. The number of rotatable bonds is 5. The molecule has 1 saturated heterocycles. The maximum atomic E-state index is 13.9. The Balaban J connectivity index is 1.52. The number of anilines is 2. The van der Waals surface area contributed by atoms with Crippen molar-refractivity contribution >= 4 is 40.5 Å². The topological polar surface area (TPSA) is 125 Å². The summed E-state index contributed by atoms with van der Waals surface area (Å²) in [6.07, 6.45) is 2.15. The van der Waals surface area contributed by atoms with Crippen molar-refractivity contribution in [2.75, 3.05) is 36.5 Å².